The molecular formula is C50H71N5O11. The maximum absolute atomic E-state index is 15.0. The van der Waals surface area contributed by atoms with Crippen molar-refractivity contribution in [1.29, 1.82) is 0 Å². The zero-order chi connectivity index (χ0) is 47.3. The van der Waals surface area contributed by atoms with Gasteiger partial charge in [0.2, 0.25) is 17.7 Å². The predicted molar refractivity (Wildman–Crippen MR) is 249 cm³/mol. The summed E-state index contributed by atoms with van der Waals surface area (Å²) in [5.74, 6) is -0.598. The molecule has 66 heavy (non-hydrogen) atoms. The minimum atomic E-state index is -1.04. The molecular weight excluding hydrogens is 847 g/mol. The van der Waals surface area contributed by atoms with Crippen LogP contribution < -0.4 is 21.1 Å². The fourth-order valence-corrected chi connectivity index (χ4v) is 7.80. The van der Waals surface area contributed by atoms with Crippen LogP contribution in [0.15, 0.2) is 72.8 Å². The first-order valence-electron chi connectivity index (χ1n) is 23.1. The minimum Gasteiger partial charge on any atom is -0.491 e. The van der Waals surface area contributed by atoms with Crippen molar-refractivity contribution in [2.24, 2.45) is 11.1 Å². The Morgan fingerprint density at radius 2 is 1.38 bits per heavy atom. The molecule has 16 nitrogen and oxygen atoms in total. The molecule has 1 aliphatic carbocycles. The second-order valence-corrected chi connectivity index (χ2v) is 17.6. The van der Waals surface area contributed by atoms with Crippen molar-refractivity contribution in [2.45, 2.75) is 90.7 Å². The number of fused-ring (bicyclic) bond motifs is 2. The standard InChI is InChI=1S/C50H71N5O11/c1-36(54(5)49(59)66-35-37-12-7-6-8-13-37)46(56)53-45(50(2,3)4)48(58)55-34-40-32-41(65-31-30-64-29-28-63-27-26-62-25-24-61-23-22-60-21-20-51)19-18-39(40)33-44(55)47(57)52-43-17-11-15-38-14-9-10-16-42(38)43/h6-10,12-14,16,18-19,32,36,43-45H,11,15,17,20-31,33-35,51H2,1-5H3,(H,52,57)(H,53,56)/t36?,43-,44+,45?/m1/s1. The van der Waals surface area contributed by atoms with Crippen molar-refractivity contribution in [2.75, 3.05) is 86.3 Å². The molecule has 0 bridgehead atoms. The molecule has 3 aromatic carbocycles. The van der Waals surface area contributed by atoms with E-state index in [0.29, 0.717) is 85.0 Å². The molecule has 0 saturated heterocycles. The number of rotatable bonds is 26. The smallest absolute Gasteiger partial charge is 0.410 e. The summed E-state index contributed by atoms with van der Waals surface area (Å²) in [6.07, 6.45) is 2.26. The molecule has 4 atom stereocenters. The van der Waals surface area contributed by atoms with E-state index in [9.17, 15) is 19.2 Å². The van der Waals surface area contributed by atoms with Gasteiger partial charge < -0.3 is 54.4 Å². The third-order valence-corrected chi connectivity index (χ3v) is 11.7. The van der Waals surface area contributed by atoms with Gasteiger partial charge in [-0.1, -0.05) is 81.4 Å². The normalized spacial score (nSPS) is 16.6. The molecule has 0 fully saturated rings. The number of nitrogens with two attached hydrogens (primary N) is 1. The van der Waals surface area contributed by atoms with Gasteiger partial charge in [-0.2, -0.15) is 0 Å². The summed E-state index contributed by atoms with van der Waals surface area (Å²) in [5, 5.41) is 6.24. The van der Waals surface area contributed by atoms with Crippen molar-refractivity contribution in [3.05, 3.63) is 101 Å². The predicted octanol–water partition coefficient (Wildman–Crippen LogP) is 4.74. The highest BCUT2D eigenvalue weighted by molar-refractivity contribution is 5.94. The van der Waals surface area contributed by atoms with Crippen molar-refractivity contribution in [3.8, 4) is 5.75 Å². The van der Waals surface area contributed by atoms with Gasteiger partial charge in [-0.05, 0) is 71.6 Å². The summed E-state index contributed by atoms with van der Waals surface area (Å²) in [6.45, 7) is 12.7. The topological polar surface area (TPSA) is 189 Å². The van der Waals surface area contributed by atoms with E-state index < -0.39 is 41.4 Å². The first kappa shape index (κ1) is 51.9. The van der Waals surface area contributed by atoms with Gasteiger partial charge in [0, 0.05) is 26.6 Å². The Labute approximate surface area is 390 Å². The number of hydrogen-bond acceptors (Lipinski definition) is 12. The van der Waals surface area contributed by atoms with Gasteiger partial charge in [-0.25, -0.2) is 4.79 Å². The molecule has 1 heterocycles. The molecule has 0 saturated carbocycles. The second-order valence-electron chi connectivity index (χ2n) is 17.6. The fourth-order valence-electron chi connectivity index (χ4n) is 7.80. The molecule has 1 aliphatic heterocycles. The van der Waals surface area contributed by atoms with Crippen LogP contribution in [-0.2, 0) is 68.8 Å². The van der Waals surface area contributed by atoms with Crippen LogP contribution in [0.1, 0.15) is 74.4 Å². The maximum Gasteiger partial charge on any atom is 0.410 e. The molecule has 4 N–H and O–H groups in total. The Morgan fingerprint density at radius 1 is 0.773 bits per heavy atom. The van der Waals surface area contributed by atoms with E-state index in [1.54, 1.807) is 11.8 Å². The fraction of sp³-hybridized carbons (Fsp3) is 0.560. The van der Waals surface area contributed by atoms with Gasteiger partial charge in [-0.15, -0.1) is 0 Å². The SMILES string of the molecule is CC(C(=O)NC(C(=O)N1Cc2cc(OCCOCCOCCOCCOCCOCCN)ccc2C[C@H]1C(=O)N[C@@H]1CCCc2ccccc21)C(C)(C)C)N(C)C(=O)OCc1ccccc1. The number of aryl methyl sites for hydroxylation is 1. The van der Waals surface area contributed by atoms with E-state index in [1.807, 2.05) is 81.4 Å². The number of carbonyl (C=O) groups excluding carboxylic acids is 4. The van der Waals surface area contributed by atoms with Gasteiger partial charge in [0.1, 0.15) is 37.1 Å². The monoisotopic (exact) mass is 918 g/mol. The Balaban J connectivity index is 1.18. The Hall–Kier alpha value is -5.10. The molecule has 4 amide bonds. The van der Waals surface area contributed by atoms with Crippen molar-refractivity contribution >= 4 is 23.8 Å². The van der Waals surface area contributed by atoms with Crippen LogP contribution in [0.2, 0.25) is 0 Å². The zero-order valence-corrected chi connectivity index (χ0v) is 39.4. The summed E-state index contributed by atoms with van der Waals surface area (Å²) < 4.78 is 39.0. The zero-order valence-electron chi connectivity index (χ0n) is 39.4. The Morgan fingerprint density at radius 3 is 2.02 bits per heavy atom. The number of amides is 4. The third-order valence-electron chi connectivity index (χ3n) is 11.7. The maximum atomic E-state index is 15.0. The molecule has 2 aliphatic rings. The molecule has 0 radical (unpaired) electrons. The Bertz CT molecular complexity index is 1980. The van der Waals surface area contributed by atoms with Gasteiger partial charge in [0.15, 0.2) is 0 Å². The molecule has 2 unspecified atom stereocenters. The lowest BCUT2D eigenvalue weighted by molar-refractivity contribution is -0.147. The number of benzene rings is 3. The average Bonchev–Trinajstić information content (AvgIpc) is 3.32. The number of hydrogen-bond donors (Lipinski definition) is 3. The third kappa shape index (κ3) is 16.1. The lowest BCUT2D eigenvalue weighted by Gasteiger charge is -2.42. The van der Waals surface area contributed by atoms with Crippen LogP contribution in [0.3, 0.4) is 0 Å². The number of carbonyl (C=O) groups is 4. The van der Waals surface area contributed by atoms with E-state index in [4.69, 9.17) is 38.9 Å². The highest BCUT2D eigenvalue weighted by Gasteiger charge is 2.43. The van der Waals surface area contributed by atoms with Gasteiger partial charge in [0.25, 0.3) is 0 Å². The first-order chi connectivity index (χ1) is 31.9. The summed E-state index contributed by atoms with van der Waals surface area (Å²) in [5.41, 5.74) is 9.48. The van der Waals surface area contributed by atoms with Crippen LogP contribution in [-0.4, -0.2) is 138 Å². The van der Waals surface area contributed by atoms with E-state index >= 15 is 0 Å². The molecule has 362 valence electrons. The number of nitrogens with one attached hydrogen (secondary N) is 2. The first-order valence-corrected chi connectivity index (χ1v) is 23.1. The van der Waals surface area contributed by atoms with E-state index in [-0.39, 0.29) is 31.5 Å². The second kappa shape index (κ2) is 26.9. The van der Waals surface area contributed by atoms with Gasteiger partial charge >= 0.3 is 6.09 Å². The van der Waals surface area contributed by atoms with Crippen LogP contribution in [0.25, 0.3) is 0 Å². The number of likely N-dealkylation sites (N-methyl/N-ethyl adjacent to an activating group) is 1. The van der Waals surface area contributed by atoms with Crippen LogP contribution >= 0.6 is 0 Å². The lowest BCUT2D eigenvalue weighted by atomic mass is 9.83. The molecule has 3 aromatic rings. The molecule has 0 aromatic heterocycles. The lowest BCUT2D eigenvalue weighted by Crippen LogP contribution is -2.62. The highest BCUT2D eigenvalue weighted by atomic mass is 16.6. The highest BCUT2D eigenvalue weighted by Crippen LogP contribution is 2.33. The number of nitrogens with zero attached hydrogens (tertiary/aromatic N) is 2. The van der Waals surface area contributed by atoms with Crippen molar-refractivity contribution in [1.82, 2.24) is 20.4 Å². The van der Waals surface area contributed by atoms with Crippen molar-refractivity contribution in [3.63, 3.8) is 0 Å². The van der Waals surface area contributed by atoms with E-state index in [1.165, 1.54) is 17.5 Å². The average molecular weight is 918 g/mol. The molecule has 16 heteroatoms. The van der Waals surface area contributed by atoms with Crippen molar-refractivity contribution < 1.29 is 52.3 Å². The van der Waals surface area contributed by atoms with Gasteiger partial charge in [0.05, 0.1) is 72.1 Å². The van der Waals surface area contributed by atoms with Crippen LogP contribution in [0, 0.1) is 5.41 Å². The van der Waals surface area contributed by atoms with E-state index in [0.717, 1.165) is 41.5 Å². The van der Waals surface area contributed by atoms with Gasteiger partial charge in [-0.3, -0.25) is 19.3 Å². The Kier molecular flexibility index (Phi) is 21.1. The number of ether oxygens (including phenoxy) is 7. The summed E-state index contributed by atoms with van der Waals surface area (Å²) in [7, 11) is 1.49. The summed E-state index contributed by atoms with van der Waals surface area (Å²) >= 11 is 0. The largest absolute Gasteiger partial charge is 0.491 e. The van der Waals surface area contributed by atoms with E-state index in [2.05, 4.69) is 22.8 Å². The summed E-state index contributed by atoms with van der Waals surface area (Å²) in [6, 6.07) is 20.1. The summed E-state index contributed by atoms with van der Waals surface area (Å²) in [4.78, 5) is 59.1. The molecule has 5 rings (SSSR count). The minimum absolute atomic E-state index is 0.0485. The van der Waals surface area contributed by atoms with Crippen LogP contribution in [0.5, 0.6) is 5.75 Å². The molecule has 0 spiro atoms. The van der Waals surface area contributed by atoms with Crippen LogP contribution in [0.4, 0.5) is 4.79 Å². The quantitative estimate of drug-likeness (QED) is 0.0941.